The number of amides is 1. The van der Waals surface area contributed by atoms with Gasteiger partial charge in [0.1, 0.15) is 5.75 Å². The molecule has 2 heterocycles. The summed E-state index contributed by atoms with van der Waals surface area (Å²) in [6, 6.07) is 12.2. The largest absolute Gasteiger partial charge is 0.497 e. The van der Waals surface area contributed by atoms with Crippen molar-refractivity contribution in [1.29, 1.82) is 0 Å². The average molecular weight is 359 g/mol. The summed E-state index contributed by atoms with van der Waals surface area (Å²) in [5.74, 6) is 0.800. The number of carbonyl (C=O) groups is 1. The van der Waals surface area contributed by atoms with E-state index < -0.39 is 0 Å². The highest BCUT2D eigenvalue weighted by atomic mass is 32.1. The van der Waals surface area contributed by atoms with E-state index in [1.807, 2.05) is 35.2 Å². The number of methoxy groups -OCH3 is 1. The minimum absolute atomic E-state index is 0.0975. The fourth-order valence-electron chi connectivity index (χ4n) is 3.43. The van der Waals surface area contributed by atoms with Crippen LogP contribution in [0.15, 0.2) is 41.8 Å². The number of ether oxygens (including phenoxy) is 2. The molecule has 1 aromatic carbocycles. The van der Waals surface area contributed by atoms with Crippen LogP contribution in [0.2, 0.25) is 0 Å². The number of thiophene rings is 1. The van der Waals surface area contributed by atoms with Gasteiger partial charge in [-0.15, -0.1) is 11.3 Å². The first kappa shape index (κ1) is 18.0. The number of morpholine rings is 1. The highest BCUT2D eigenvalue weighted by Gasteiger charge is 2.34. The Hall–Kier alpha value is -1.85. The number of hydrogen-bond acceptors (Lipinski definition) is 4. The maximum absolute atomic E-state index is 13.4. The van der Waals surface area contributed by atoms with E-state index in [1.165, 1.54) is 4.88 Å². The molecule has 1 aliphatic rings. The molecule has 1 aliphatic heterocycles. The molecule has 0 saturated carbocycles. The minimum Gasteiger partial charge on any atom is -0.497 e. The molecule has 2 aromatic rings. The summed E-state index contributed by atoms with van der Waals surface area (Å²) in [5, 5.41) is 2.06. The summed E-state index contributed by atoms with van der Waals surface area (Å²) in [4.78, 5) is 16.7. The van der Waals surface area contributed by atoms with Crippen LogP contribution >= 0.6 is 11.3 Å². The Morgan fingerprint density at radius 1 is 1.24 bits per heavy atom. The number of hydrogen-bond donors (Lipinski definition) is 0. The maximum Gasteiger partial charge on any atom is 0.231 e. The quantitative estimate of drug-likeness (QED) is 0.817. The van der Waals surface area contributed by atoms with Gasteiger partial charge < -0.3 is 14.4 Å². The molecule has 0 radical (unpaired) electrons. The zero-order valence-corrected chi connectivity index (χ0v) is 15.8. The van der Waals surface area contributed by atoms with Crippen LogP contribution in [0, 0.1) is 0 Å². The van der Waals surface area contributed by atoms with E-state index in [9.17, 15) is 4.79 Å². The van der Waals surface area contributed by atoms with Crippen molar-refractivity contribution < 1.29 is 14.3 Å². The lowest BCUT2D eigenvalue weighted by molar-refractivity contribution is -0.145. The van der Waals surface area contributed by atoms with Crippen LogP contribution < -0.4 is 4.74 Å². The van der Waals surface area contributed by atoms with E-state index in [1.54, 1.807) is 18.4 Å². The van der Waals surface area contributed by atoms with Gasteiger partial charge in [-0.25, -0.2) is 0 Å². The van der Waals surface area contributed by atoms with E-state index in [0.717, 1.165) is 17.7 Å². The standard InChI is InChI=1S/C20H25NO3S/c1-14-12-24-13-15(2)21(14)20(22)19(11-18-5-4-10-25-18)16-6-8-17(23-3)9-7-16/h4-10,14-15,19H,11-13H2,1-3H3. The Morgan fingerprint density at radius 2 is 1.92 bits per heavy atom. The van der Waals surface area contributed by atoms with Crippen LogP contribution in [0.5, 0.6) is 5.75 Å². The van der Waals surface area contributed by atoms with Crippen molar-refractivity contribution in [2.75, 3.05) is 20.3 Å². The van der Waals surface area contributed by atoms with E-state index >= 15 is 0 Å². The highest BCUT2D eigenvalue weighted by molar-refractivity contribution is 7.09. The van der Waals surface area contributed by atoms with Gasteiger partial charge in [-0.2, -0.15) is 0 Å². The van der Waals surface area contributed by atoms with Crippen molar-refractivity contribution in [2.45, 2.75) is 38.3 Å². The second-order valence-electron chi connectivity index (χ2n) is 6.59. The van der Waals surface area contributed by atoms with Gasteiger partial charge in [0.25, 0.3) is 0 Å². The van der Waals surface area contributed by atoms with Crippen molar-refractivity contribution in [2.24, 2.45) is 0 Å². The molecule has 0 N–H and O–H groups in total. The second kappa shape index (κ2) is 8.02. The first-order valence-electron chi connectivity index (χ1n) is 8.66. The Kier molecular flexibility index (Phi) is 5.76. The van der Waals surface area contributed by atoms with Gasteiger partial charge in [0.2, 0.25) is 5.91 Å². The SMILES string of the molecule is COc1ccc(C(Cc2cccs2)C(=O)N2C(C)COCC2C)cc1. The molecule has 1 amide bonds. The molecule has 0 spiro atoms. The first-order valence-corrected chi connectivity index (χ1v) is 9.54. The summed E-state index contributed by atoms with van der Waals surface area (Å²) in [5.41, 5.74) is 1.03. The molecule has 1 aromatic heterocycles. The number of nitrogens with zero attached hydrogens (tertiary/aromatic N) is 1. The van der Waals surface area contributed by atoms with Crippen LogP contribution in [-0.2, 0) is 16.0 Å². The van der Waals surface area contributed by atoms with Crippen LogP contribution in [0.1, 0.15) is 30.2 Å². The molecule has 1 fully saturated rings. The number of benzene rings is 1. The molecule has 3 rings (SSSR count). The summed E-state index contributed by atoms with van der Waals surface area (Å²) in [6.07, 6.45) is 0.722. The van der Waals surface area contributed by atoms with Crippen LogP contribution in [0.25, 0.3) is 0 Å². The molecule has 1 saturated heterocycles. The zero-order chi connectivity index (χ0) is 17.8. The van der Waals surface area contributed by atoms with Gasteiger partial charge in [0.05, 0.1) is 38.3 Å². The summed E-state index contributed by atoms with van der Waals surface area (Å²) >= 11 is 1.70. The summed E-state index contributed by atoms with van der Waals surface area (Å²) < 4.78 is 10.8. The predicted octanol–water partition coefficient (Wildman–Crippen LogP) is 3.72. The van der Waals surface area contributed by atoms with Crippen LogP contribution in [-0.4, -0.2) is 43.2 Å². The predicted molar refractivity (Wildman–Crippen MR) is 100 cm³/mol. The van der Waals surface area contributed by atoms with E-state index in [-0.39, 0.29) is 23.9 Å². The zero-order valence-electron chi connectivity index (χ0n) is 15.0. The molecule has 3 unspecified atom stereocenters. The van der Waals surface area contributed by atoms with Crippen LogP contribution in [0.4, 0.5) is 0 Å². The Labute approximate surface area is 153 Å². The molecule has 25 heavy (non-hydrogen) atoms. The number of rotatable bonds is 5. The second-order valence-corrected chi connectivity index (χ2v) is 7.62. The van der Waals surface area contributed by atoms with Gasteiger partial charge in [0, 0.05) is 4.88 Å². The normalized spacial score (nSPS) is 21.8. The smallest absolute Gasteiger partial charge is 0.231 e. The molecular formula is C20H25NO3S. The van der Waals surface area contributed by atoms with Crippen molar-refractivity contribution in [3.63, 3.8) is 0 Å². The third-order valence-electron chi connectivity index (χ3n) is 4.72. The van der Waals surface area contributed by atoms with E-state index in [0.29, 0.717) is 13.2 Å². The molecule has 4 nitrogen and oxygen atoms in total. The summed E-state index contributed by atoms with van der Waals surface area (Å²) in [6.45, 7) is 5.32. The maximum atomic E-state index is 13.4. The Morgan fingerprint density at radius 3 is 2.48 bits per heavy atom. The molecule has 0 aliphatic carbocycles. The first-order chi connectivity index (χ1) is 12.1. The van der Waals surface area contributed by atoms with E-state index in [4.69, 9.17) is 9.47 Å². The lowest BCUT2D eigenvalue weighted by Gasteiger charge is -2.40. The molecule has 0 bridgehead atoms. The van der Waals surface area contributed by atoms with Gasteiger partial charge in [-0.3, -0.25) is 4.79 Å². The van der Waals surface area contributed by atoms with Gasteiger partial charge >= 0.3 is 0 Å². The minimum atomic E-state index is -0.187. The van der Waals surface area contributed by atoms with Crippen LogP contribution in [0.3, 0.4) is 0 Å². The molecule has 3 atom stereocenters. The third-order valence-corrected chi connectivity index (χ3v) is 5.62. The van der Waals surface area contributed by atoms with Gasteiger partial charge in [-0.1, -0.05) is 18.2 Å². The molecule has 134 valence electrons. The number of carbonyl (C=O) groups excluding carboxylic acids is 1. The lowest BCUT2D eigenvalue weighted by Crippen LogP contribution is -2.54. The van der Waals surface area contributed by atoms with Crippen molar-refractivity contribution >= 4 is 17.2 Å². The molecule has 5 heteroatoms. The van der Waals surface area contributed by atoms with Crippen molar-refractivity contribution in [3.05, 3.63) is 52.2 Å². The average Bonchev–Trinajstić information content (AvgIpc) is 3.13. The monoisotopic (exact) mass is 359 g/mol. The van der Waals surface area contributed by atoms with E-state index in [2.05, 4.69) is 25.3 Å². The fraction of sp³-hybridized carbons (Fsp3) is 0.450. The lowest BCUT2D eigenvalue weighted by atomic mass is 9.92. The highest BCUT2D eigenvalue weighted by Crippen LogP contribution is 2.29. The van der Waals surface area contributed by atoms with Gasteiger partial charge in [-0.05, 0) is 49.4 Å². The topological polar surface area (TPSA) is 38.8 Å². The summed E-state index contributed by atoms with van der Waals surface area (Å²) in [7, 11) is 1.65. The van der Waals surface area contributed by atoms with Crippen molar-refractivity contribution in [3.8, 4) is 5.75 Å². The Bertz CT molecular complexity index is 673. The molecular weight excluding hydrogens is 334 g/mol. The van der Waals surface area contributed by atoms with Crippen molar-refractivity contribution in [1.82, 2.24) is 4.90 Å². The Balaban J connectivity index is 1.90. The third kappa shape index (κ3) is 4.05. The van der Waals surface area contributed by atoms with Gasteiger partial charge in [0.15, 0.2) is 0 Å². The fourth-order valence-corrected chi connectivity index (χ4v) is 4.18.